The molecule has 0 radical (unpaired) electrons. The summed E-state index contributed by atoms with van der Waals surface area (Å²) in [5.41, 5.74) is 6.13. The molecule has 0 heterocycles. The molecule has 0 spiro atoms. The van der Waals surface area contributed by atoms with Gasteiger partial charge in [0.15, 0.2) is 0 Å². The summed E-state index contributed by atoms with van der Waals surface area (Å²) < 4.78 is 0. The number of aliphatic carboxylic acids is 1. The van der Waals surface area contributed by atoms with E-state index in [0.29, 0.717) is 18.9 Å². The third kappa shape index (κ3) is 16.3. The number of carboxylic acid groups (broad SMARTS) is 1. The quantitative estimate of drug-likeness (QED) is 0.125. The minimum atomic E-state index is -0.940. The fourth-order valence-electron chi connectivity index (χ4n) is 4.52. The molecule has 1 amide bonds. The van der Waals surface area contributed by atoms with E-state index >= 15 is 0 Å². The summed E-state index contributed by atoms with van der Waals surface area (Å²) in [7, 11) is 0. The fraction of sp³-hybridized carbons (Fsp3) is 0.862. The molecule has 0 fully saturated rings. The lowest BCUT2D eigenvalue weighted by molar-refractivity contribution is -0.153. The van der Waals surface area contributed by atoms with Crippen LogP contribution in [0.15, 0.2) is 12.2 Å². The van der Waals surface area contributed by atoms with Gasteiger partial charge in [0.1, 0.15) is 6.04 Å². The summed E-state index contributed by atoms with van der Waals surface area (Å²) in [6, 6.07) is -1.44. The van der Waals surface area contributed by atoms with Crippen molar-refractivity contribution in [3.05, 3.63) is 12.2 Å². The van der Waals surface area contributed by atoms with Gasteiger partial charge in [-0.2, -0.15) is 0 Å². The normalized spacial score (nSPS) is 13.6. The highest BCUT2D eigenvalue weighted by Gasteiger charge is 2.34. The number of nitrogens with two attached hydrogens (primary N) is 1. The van der Waals surface area contributed by atoms with Gasteiger partial charge in [-0.1, -0.05) is 105 Å². The monoisotopic (exact) mass is 480 g/mol. The minimum absolute atomic E-state index is 0.151. The van der Waals surface area contributed by atoms with Crippen molar-refractivity contribution < 1.29 is 14.7 Å². The molecule has 34 heavy (non-hydrogen) atoms. The summed E-state index contributed by atoms with van der Waals surface area (Å²) in [6.07, 6.45) is 22.4. The number of hydrogen-bond donors (Lipinski definition) is 2. The molecular weight excluding hydrogens is 424 g/mol. The number of rotatable bonds is 22. The zero-order chi connectivity index (χ0) is 25.8. The maximum Gasteiger partial charge on any atom is 0.326 e. The lowest BCUT2D eigenvalue weighted by Crippen LogP contribution is -2.54. The zero-order valence-corrected chi connectivity index (χ0v) is 23.1. The van der Waals surface area contributed by atoms with Crippen LogP contribution in [0.25, 0.3) is 0 Å². The first-order valence-corrected chi connectivity index (χ1v) is 14.2. The third-order valence-corrected chi connectivity index (χ3v) is 6.46. The first kappa shape index (κ1) is 32.6. The Hall–Kier alpha value is -1.36. The molecule has 0 aliphatic carbocycles. The van der Waals surface area contributed by atoms with Crippen LogP contribution in [0.4, 0.5) is 0 Å². The van der Waals surface area contributed by atoms with Crippen LogP contribution >= 0.6 is 0 Å². The Morgan fingerprint density at radius 2 is 1.26 bits per heavy atom. The number of amides is 1. The predicted molar refractivity (Wildman–Crippen MR) is 145 cm³/mol. The number of hydrogen-bond acceptors (Lipinski definition) is 3. The standard InChI is InChI=1S/C29H56N2O3/c1-6-7-8-9-10-11-12-13-14-15-16-17-18-19-20-21-22-31(27(25(4)5)29(33)34)28(32)26(30)23-24(2)3/h13-14,24-27H,6-12,15-23,30H2,1-5H3,(H,33,34)/t26-,27-/m0/s1. The topological polar surface area (TPSA) is 83.6 Å². The van der Waals surface area contributed by atoms with Crippen molar-refractivity contribution >= 4 is 11.9 Å². The van der Waals surface area contributed by atoms with Crippen molar-refractivity contribution in [3.8, 4) is 0 Å². The minimum Gasteiger partial charge on any atom is -0.480 e. The molecule has 5 nitrogen and oxygen atoms in total. The Morgan fingerprint density at radius 1 is 0.794 bits per heavy atom. The van der Waals surface area contributed by atoms with Crippen LogP contribution < -0.4 is 5.73 Å². The van der Waals surface area contributed by atoms with Crippen LogP contribution in [-0.4, -0.2) is 40.5 Å². The van der Waals surface area contributed by atoms with Crippen molar-refractivity contribution in [1.29, 1.82) is 0 Å². The van der Waals surface area contributed by atoms with E-state index in [0.717, 1.165) is 19.3 Å². The number of carbonyl (C=O) groups is 2. The highest BCUT2D eigenvalue weighted by atomic mass is 16.4. The zero-order valence-electron chi connectivity index (χ0n) is 23.1. The summed E-state index contributed by atoms with van der Waals surface area (Å²) in [4.78, 5) is 26.4. The van der Waals surface area contributed by atoms with Crippen molar-refractivity contribution in [1.82, 2.24) is 4.90 Å². The average molecular weight is 481 g/mol. The largest absolute Gasteiger partial charge is 0.480 e. The summed E-state index contributed by atoms with van der Waals surface area (Å²) in [6.45, 7) is 10.5. The number of carboxylic acids is 1. The SMILES string of the molecule is CCCCCCCCC=CCCCCCCCCN(C(=O)[C@@H](N)CC(C)C)[C@H](C(=O)O)C(C)C. The lowest BCUT2D eigenvalue weighted by Gasteiger charge is -2.33. The van der Waals surface area contributed by atoms with Gasteiger partial charge in [0.2, 0.25) is 5.91 Å². The molecule has 3 N–H and O–H groups in total. The fourth-order valence-corrected chi connectivity index (χ4v) is 4.52. The molecule has 0 bridgehead atoms. The van der Waals surface area contributed by atoms with E-state index in [2.05, 4.69) is 19.1 Å². The molecule has 200 valence electrons. The molecule has 0 saturated carbocycles. The first-order chi connectivity index (χ1) is 16.2. The van der Waals surface area contributed by atoms with E-state index in [1.165, 1.54) is 75.5 Å². The summed E-state index contributed by atoms with van der Waals surface area (Å²) in [5.74, 6) is -1.01. The summed E-state index contributed by atoms with van der Waals surface area (Å²) >= 11 is 0. The van der Waals surface area contributed by atoms with Gasteiger partial charge >= 0.3 is 5.97 Å². The Labute approximate surface area is 210 Å². The molecule has 2 atom stereocenters. The smallest absolute Gasteiger partial charge is 0.326 e. The molecule has 0 aliphatic heterocycles. The Morgan fingerprint density at radius 3 is 1.71 bits per heavy atom. The molecule has 0 unspecified atom stereocenters. The van der Waals surface area contributed by atoms with Crippen LogP contribution in [0.5, 0.6) is 0 Å². The van der Waals surface area contributed by atoms with Crippen LogP contribution in [0.1, 0.15) is 131 Å². The Bertz CT molecular complexity index is 545. The summed E-state index contributed by atoms with van der Waals surface area (Å²) in [5, 5.41) is 9.72. The van der Waals surface area contributed by atoms with Crippen molar-refractivity contribution in [2.45, 2.75) is 143 Å². The molecule has 0 aliphatic rings. The van der Waals surface area contributed by atoms with E-state index in [9.17, 15) is 14.7 Å². The molecule has 0 saturated heterocycles. The van der Waals surface area contributed by atoms with Gasteiger partial charge in [-0.05, 0) is 50.4 Å². The number of allylic oxidation sites excluding steroid dienone is 2. The molecule has 5 heteroatoms. The average Bonchev–Trinajstić information content (AvgIpc) is 2.76. The molecule has 0 aromatic rings. The molecular formula is C29H56N2O3. The highest BCUT2D eigenvalue weighted by molar-refractivity contribution is 5.87. The van der Waals surface area contributed by atoms with Gasteiger partial charge in [-0.3, -0.25) is 4.79 Å². The van der Waals surface area contributed by atoms with Crippen LogP contribution in [0, 0.1) is 11.8 Å². The van der Waals surface area contributed by atoms with Gasteiger partial charge in [0, 0.05) is 6.54 Å². The Kier molecular flexibility index (Phi) is 20.1. The van der Waals surface area contributed by atoms with Crippen molar-refractivity contribution in [3.63, 3.8) is 0 Å². The number of unbranched alkanes of at least 4 members (excludes halogenated alkanes) is 12. The van der Waals surface area contributed by atoms with E-state index in [-0.39, 0.29) is 11.8 Å². The van der Waals surface area contributed by atoms with Crippen molar-refractivity contribution in [2.24, 2.45) is 17.6 Å². The van der Waals surface area contributed by atoms with Gasteiger partial charge in [-0.15, -0.1) is 0 Å². The van der Waals surface area contributed by atoms with Crippen molar-refractivity contribution in [2.75, 3.05) is 6.54 Å². The second-order valence-electron chi connectivity index (χ2n) is 10.7. The van der Waals surface area contributed by atoms with E-state index in [1.807, 2.05) is 27.7 Å². The molecule has 0 aromatic heterocycles. The maximum atomic E-state index is 13.0. The molecule has 0 rings (SSSR count). The van der Waals surface area contributed by atoms with E-state index < -0.39 is 18.1 Å². The van der Waals surface area contributed by atoms with E-state index in [1.54, 1.807) is 0 Å². The van der Waals surface area contributed by atoms with Gasteiger partial charge in [-0.25, -0.2) is 4.79 Å². The number of carbonyl (C=O) groups excluding carboxylic acids is 1. The van der Waals surface area contributed by atoms with Gasteiger partial charge in [0.05, 0.1) is 6.04 Å². The highest BCUT2D eigenvalue weighted by Crippen LogP contribution is 2.17. The maximum absolute atomic E-state index is 13.0. The van der Waals surface area contributed by atoms with E-state index in [4.69, 9.17) is 5.73 Å². The number of nitrogens with zero attached hydrogens (tertiary/aromatic N) is 1. The molecule has 0 aromatic carbocycles. The first-order valence-electron chi connectivity index (χ1n) is 14.2. The predicted octanol–water partition coefficient (Wildman–Crippen LogP) is 7.34. The Balaban J connectivity index is 4.15. The second kappa shape index (κ2) is 21.0. The van der Waals surface area contributed by atoms with Gasteiger partial charge < -0.3 is 15.7 Å². The lowest BCUT2D eigenvalue weighted by atomic mass is 9.98. The van der Waals surface area contributed by atoms with Crippen LogP contribution in [0.3, 0.4) is 0 Å². The van der Waals surface area contributed by atoms with Gasteiger partial charge in [0.25, 0.3) is 0 Å². The third-order valence-electron chi connectivity index (χ3n) is 6.46. The van der Waals surface area contributed by atoms with Crippen LogP contribution in [-0.2, 0) is 9.59 Å². The second-order valence-corrected chi connectivity index (χ2v) is 10.7. The van der Waals surface area contributed by atoms with Crippen LogP contribution in [0.2, 0.25) is 0 Å².